The number of halogens is 2. The molecule has 14 heteroatoms. The zero-order valence-electron chi connectivity index (χ0n) is 22.0. The van der Waals surface area contributed by atoms with E-state index in [-0.39, 0.29) is 36.8 Å². The molecular weight excluding hydrogens is 609 g/mol. The summed E-state index contributed by atoms with van der Waals surface area (Å²) < 4.78 is 17.9. The Labute approximate surface area is 245 Å². The van der Waals surface area contributed by atoms with Gasteiger partial charge in [-0.2, -0.15) is 15.5 Å². The highest BCUT2D eigenvalue weighted by Gasteiger charge is 2.40. The molecule has 42 heavy (non-hydrogen) atoms. The first-order chi connectivity index (χ1) is 20.2. The summed E-state index contributed by atoms with van der Waals surface area (Å²) in [6.45, 7) is 0.848. The highest BCUT2D eigenvalue weighted by molar-refractivity contribution is 9.10. The Morgan fingerprint density at radius 1 is 1.19 bits per heavy atom. The van der Waals surface area contributed by atoms with Crippen molar-refractivity contribution in [2.75, 3.05) is 11.9 Å². The number of carbonyl (C=O) groups excluding carboxylic acids is 3. The van der Waals surface area contributed by atoms with E-state index in [1.54, 1.807) is 48.8 Å². The number of nitriles is 1. The van der Waals surface area contributed by atoms with Crippen LogP contribution in [0.1, 0.15) is 29.4 Å². The summed E-state index contributed by atoms with van der Waals surface area (Å²) in [5.74, 6) is -1.08. The molecule has 1 N–H and O–H groups in total. The second-order valence-electron chi connectivity index (χ2n) is 9.80. The molecule has 0 radical (unpaired) electrons. The van der Waals surface area contributed by atoms with Crippen molar-refractivity contribution in [3.63, 3.8) is 0 Å². The Morgan fingerprint density at radius 3 is 2.79 bits per heavy atom. The lowest BCUT2D eigenvalue weighted by atomic mass is 10.0. The third-order valence-electron chi connectivity index (χ3n) is 7.02. The Bertz CT molecular complexity index is 1950. The number of carbonyl (C=O) groups is 3. The quantitative estimate of drug-likeness (QED) is 0.221. The fourth-order valence-electron chi connectivity index (χ4n) is 5.06. The maximum absolute atomic E-state index is 14.5. The summed E-state index contributed by atoms with van der Waals surface area (Å²) in [6.07, 6.45) is 3.26. The number of rotatable bonds is 6. The van der Waals surface area contributed by atoms with E-state index in [9.17, 15) is 24.0 Å². The summed E-state index contributed by atoms with van der Waals surface area (Å²) in [5.41, 5.74) is 2.87. The van der Waals surface area contributed by atoms with E-state index in [1.807, 2.05) is 6.07 Å². The minimum absolute atomic E-state index is 0.141. The standard InChI is InChI=1S/C28H21BrFN9O3/c1-15(40)26-20-7-16(18-10-32-27-17(9-31)11-33-39(27)12-18)5-6-21(20)38(36-26)14-25(41)37-13-19(30)8-22(37)28(42)35-24-4-2-3-23(29)34-24/h2-7,10-12,19,22H,8,13-14H2,1H3,(H,34,35,42)/t19-,22+/m1/s1. The first-order valence-corrected chi connectivity index (χ1v) is 13.6. The van der Waals surface area contributed by atoms with Crippen molar-refractivity contribution in [2.45, 2.75) is 32.1 Å². The van der Waals surface area contributed by atoms with Gasteiger partial charge in [0.25, 0.3) is 0 Å². The van der Waals surface area contributed by atoms with Crippen LogP contribution in [0.5, 0.6) is 0 Å². The van der Waals surface area contributed by atoms with Gasteiger partial charge in [-0.05, 0) is 45.8 Å². The molecule has 1 aliphatic heterocycles. The second-order valence-corrected chi connectivity index (χ2v) is 10.6. The van der Waals surface area contributed by atoms with E-state index >= 15 is 0 Å². The minimum Gasteiger partial charge on any atom is -0.326 e. The zero-order chi connectivity index (χ0) is 29.5. The number of hydrogen-bond acceptors (Lipinski definition) is 8. The number of fused-ring (bicyclic) bond motifs is 2. The van der Waals surface area contributed by atoms with E-state index in [4.69, 9.17) is 0 Å². The Balaban J connectivity index is 1.28. The first kappa shape index (κ1) is 27.2. The third kappa shape index (κ3) is 4.99. The average Bonchev–Trinajstić information content (AvgIpc) is 3.67. The highest BCUT2D eigenvalue weighted by Crippen LogP contribution is 2.28. The molecule has 2 atom stereocenters. The van der Waals surface area contributed by atoms with Gasteiger partial charge in [-0.25, -0.2) is 18.9 Å². The zero-order valence-corrected chi connectivity index (χ0v) is 23.6. The number of pyridine rings is 1. The number of benzene rings is 1. The molecule has 0 spiro atoms. The molecule has 1 fully saturated rings. The molecule has 4 aromatic heterocycles. The Hall–Kier alpha value is -5.03. The number of hydrogen-bond donors (Lipinski definition) is 1. The molecule has 1 saturated heterocycles. The number of ketones is 1. The van der Waals surface area contributed by atoms with Crippen molar-refractivity contribution in [1.29, 1.82) is 5.26 Å². The molecule has 0 unspecified atom stereocenters. The van der Waals surface area contributed by atoms with Crippen molar-refractivity contribution in [1.82, 2.24) is 34.3 Å². The number of aromatic nitrogens is 6. The summed E-state index contributed by atoms with van der Waals surface area (Å²) in [5, 5.41) is 21.0. The molecule has 210 valence electrons. The van der Waals surface area contributed by atoms with Crippen LogP contribution in [-0.4, -0.2) is 70.6 Å². The van der Waals surface area contributed by atoms with E-state index < -0.39 is 24.0 Å². The van der Waals surface area contributed by atoms with Gasteiger partial charge in [-0.15, -0.1) is 0 Å². The number of Topliss-reactive ketones (excluding diaryl/α,β-unsaturated/α-hetero) is 1. The fourth-order valence-corrected chi connectivity index (χ4v) is 5.40. The minimum atomic E-state index is -1.37. The highest BCUT2D eigenvalue weighted by atomic mass is 79.9. The number of nitrogens with one attached hydrogen (secondary N) is 1. The van der Waals surface area contributed by atoms with Crippen LogP contribution in [0.25, 0.3) is 27.7 Å². The van der Waals surface area contributed by atoms with E-state index in [2.05, 4.69) is 41.4 Å². The lowest BCUT2D eigenvalue weighted by Crippen LogP contribution is -2.44. The van der Waals surface area contributed by atoms with Crippen LogP contribution in [0.3, 0.4) is 0 Å². The molecule has 5 aromatic rings. The predicted octanol–water partition coefficient (Wildman–Crippen LogP) is 3.56. The lowest BCUT2D eigenvalue weighted by Gasteiger charge is -2.23. The summed E-state index contributed by atoms with van der Waals surface area (Å²) in [6, 6.07) is 11.3. The average molecular weight is 630 g/mol. The molecule has 2 amide bonds. The van der Waals surface area contributed by atoms with Crippen LogP contribution in [0.4, 0.5) is 10.2 Å². The smallest absolute Gasteiger partial charge is 0.248 e. The molecule has 12 nitrogen and oxygen atoms in total. The third-order valence-corrected chi connectivity index (χ3v) is 7.46. The van der Waals surface area contributed by atoms with Crippen molar-refractivity contribution < 1.29 is 18.8 Å². The van der Waals surface area contributed by atoms with Gasteiger partial charge in [0.15, 0.2) is 11.4 Å². The number of amides is 2. The molecule has 0 aliphatic carbocycles. The number of nitrogens with zero attached hydrogens (tertiary/aromatic N) is 8. The van der Waals surface area contributed by atoms with Crippen LogP contribution >= 0.6 is 15.9 Å². The molecule has 1 aromatic carbocycles. The van der Waals surface area contributed by atoms with Gasteiger partial charge >= 0.3 is 0 Å². The van der Waals surface area contributed by atoms with Crippen molar-refractivity contribution >= 4 is 55.9 Å². The Morgan fingerprint density at radius 2 is 2.02 bits per heavy atom. The van der Waals surface area contributed by atoms with Gasteiger partial charge < -0.3 is 10.2 Å². The monoisotopic (exact) mass is 629 g/mol. The topological polar surface area (TPSA) is 151 Å². The van der Waals surface area contributed by atoms with Crippen molar-refractivity contribution in [3.8, 4) is 17.2 Å². The van der Waals surface area contributed by atoms with E-state index in [1.165, 1.54) is 27.2 Å². The summed E-state index contributed by atoms with van der Waals surface area (Å²) in [7, 11) is 0. The number of anilines is 1. The maximum Gasteiger partial charge on any atom is 0.248 e. The molecule has 6 rings (SSSR count). The maximum atomic E-state index is 14.5. The molecule has 0 bridgehead atoms. The SMILES string of the molecule is CC(=O)c1nn(CC(=O)N2C[C@H](F)C[C@H]2C(=O)Nc2cccc(Br)n2)c2ccc(-c3cnc4c(C#N)cnn4c3)cc12. The van der Waals surface area contributed by atoms with E-state index in [0.29, 0.717) is 32.3 Å². The van der Waals surface area contributed by atoms with Crippen molar-refractivity contribution in [3.05, 3.63) is 70.8 Å². The van der Waals surface area contributed by atoms with Crippen LogP contribution in [0, 0.1) is 11.3 Å². The van der Waals surface area contributed by atoms with Gasteiger partial charge in [0.2, 0.25) is 11.8 Å². The lowest BCUT2D eigenvalue weighted by molar-refractivity contribution is -0.137. The van der Waals surface area contributed by atoms with Crippen LogP contribution in [0.2, 0.25) is 0 Å². The van der Waals surface area contributed by atoms with Gasteiger partial charge in [-0.3, -0.25) is 19.1 Å². The van der Waals surface area contributed by atoms with Gasteiger partial charge in [0, 0.05) is 36.7 Å². The second kappa shape index (κ2) is 10.7. The molecule has 0 saturated carbocycles. The number of likely N-dealkylation sites (tertiary alicyclic amines) is 1. The van der Waals surface area contributed by atoms with Crippen LogP contribution < -0.4 is 5.32 Å². The van der Waals surface area contributed by atoms with Crippen LogP contribution in [-0.2, 0) is 16.1 Å². The summed E-state index contributed by atoms with van der Waals surface area (Å²) >= 11 is 3.24. The van der Waals surface area contributed by atoms with Crippen molar-refractivity contribution in [2.24, 2.45) is 0 Å². The molecular formula is C28H21BrFN9O3. The van der Waals surface area contributed by atoms with Gasteiger partial charge in [0.05, 0.1) is 18.3 Å². The Kier molecular flexibility index (Phi) is 6.95. The molecule has 5 heterocycles. The van der Waals surface area contributed by atoms with E-state index in [0.717, 1.165) is 5.56 Å². The fraction of sp³-hybridized carbons (Fsp3) is 0.214. The first-order valence-electron chi connectivity index (χ1n) is 12.8. The summed E-state index contributed by atoms with van der Waals surface area (Å²) in [4.78, 5) is 48.6. The largest absolute Gasteiger partial charge is 0.326 e. The predicted molar refractivity (Wildman–Crippen MR) is 152 cm³/mol. The van der Waals surface area contributed by atoms with Crippen LogP contribution in [0.15, 0.2) is 59.6 Å². The van der Waals surface area contributed by atoms with Gasteiger partial charge in [-0.1, -0.05) is 12.1 Å². The number of alkyl halides is 1. The van der Waals surface area contributed by atoms with Gasteiger partial charge in [0.1, 0.15) is 46.5 Å². The molecule has 1 aliphatic rings. The normalized spacial score (nSPS) is 16.6.